The molecule has 1 atom stereocenters. The van der Waals surface area contributed by atoms with Crippen molar-refractivity contribution in [3.05, 3.63) is 46.5 Å². The van der Waals surface area contributed by atoms with Gasteiger partial charge < -0.3 is 14.4 Å². The summed E-state index contributed by atoms with van der Waals surface area (Å²) in [7, 11) is 0. The highest BCUT2D eigenvalue weighted by Crippen LogP contribution is 2.16. The van der Waals surface area contributed by atoms with E-state index in [1.807, 2.05) is 42.7 Å². The lowest BCUT2D eigenvalue weighted by Gasteiger charge is -2.14. The third kappa shape index (κ3) is 3.81. The maximum Gasteiger partial charge on any atom is 0.119 e. The number of aromatic nitrogens is 2. The van der Waals surface area contributed by atoms with Gasteiger partial charge in [0.2, 0.25) is 0 Å². The number of imidazole rings is 1. The summed E-state index contributed by atoms with van der Waals surface area (Å²) < 4.78 is 8.48. The highest BCUT2D eigenvalue weighted by Gasteiger charge is 2.09. The van der Waals surface area contributed by atoms with Crippen molar-refractivity contribution in [3.8, 4) is 5.75 Å². The van der Waals surface area contributed by atoms with E-state index in [4.69, 9.17) is 4.74 Å². The van der Waals surface area contributed by atoms with Gasteiger partial charge in [-0.05, 0) is 38.1 Å². The Morgan fingerprint density at radius 3 is 2.58 bits per heavy atom. The first-order valence-electron chi connectivity index (χ1n) is 6.11. The Balaban J connectivity index is 1.86. The first-order chi connectivity index (χ1) is 9.06. The topological polar surface area (TPSA) is 47.3 Å². The van der Waals surface area contributed by atoms with Crippen LogP contribution in [0, 0.1) is 13.8 Å². The molecule has 1 N–H and O–H groups in total. The number of nitrogens with zero attached hydrogens (tertiary/aromatic N) is 2. The number of hydrogen-bond donors (Lipinski definition) is 1. The van der Waals surface area contributed by atoms with Crippen molar-refractivity contribution in [2.45, 2.75) is 26.5 Å². The van der Waals surface area contributed by atoms with Crippen LogP contribution in [0.3, 0.4) is 0 Å². The third-order valence-electron chi connectivity index (χ3n) is 3.01. The van der Waals surface area contributed by atoms with Crippen molar-refractivity contribution >= 4 is 15.9 Å². The summed E-state index contributed by atoms with van der Waals surface area (Å²) in [6.07, 6.45) is 1.18. The molecule has 4 nitrogen and oxygen atoms in total. The van der Waals surface area contributed by atoms with Crippen LogP contribution in [0.2, 0.25) is 0 Å². The molecule has 0 aliphatic heterocycles. The van der Waals surface area contributed by atoms with E-state index in [2.05, 4.69) is 20.9 Å². The number of aryl methyl sites for hydroxylation is 1. The second kappa shape index (κ2) is 6.21. The van der Waals surface area contributed by atoms with Crippen molar-refractivity contribution in [2.75, 3.05) is 6.61 Å². The van der Waals surface area contributed by atoms with Crippen LogP contribution in [0.1, 0.15) is 11.4 Å². The summed E-state index contributed by atoms with van der Waals surface area (Å²) >= 11 is 3.36. The van der Waals surface area contributed by atoms with E-state index in [0.717, 1.165) is 21.6 Å². The number of rotatable bonds is 5. The quantitative estimate of drug-likeness (QED) is 0.919. The number of benzene rings is 1. The summed E-state index contributed by atoms with van der Waals surface area (Å²) in [6.45, 7) is 4.70. The van der Waals surface area contributed by atoms with E-state index in [9.17, 15) is 5.11 Å². The molecule has 0 amide bonds. The summed E-state index contributed by atoms with van der Waals surface area (Å²) in [5, 5.41) is 9.97. The van der Waals surface area contributed by atoms with Crippen LogP contribution >= 0.6 is 15.9 Å². The van der Waals surface area contributed by atoms with Crippen LogP contribution in [-0.2, 0) is 6.54 Å². The Morgan fingerprint density at radius 2 is 2.00 bits per heavy atom. The molecule has 1 unspecified atom stereocenters. The predicted molar refractivity (Wildman–Crippen MR) is 77.3 cm³/mol. The first kappa shape index (κ1) is 14.1. The van der Waals surface area contributed by atoms with Gasteiger partial charge in [-0.1, -0.05) is 15.9 Å². The number of ether oxygens (including phenoxy) is 1. The van der Waals surface area contributed by atoms with Crippen LogP contribution in [0.4, 0.5) is 0 Å². The van der Waals surface area contributed by atoms with Crippen molar-refractivity contribution in [1.82, 2.24) is 9.55 Å². The van der Waals surface area contributed by atoms with Gasteiger partial charge in [0.05, 0.1) is 18.6 Å². The van der Waals surface area contributed by atoms with Crippen molar-refractivity contribution < 1.29 is 9.84 Å². The molecule has 0 saturated heterocycles. The van der Waals surface area contributed by atoms with Gasteiger partial charge in [-0.3, -0.25) is 0 Å². The average Bonchev–Trinajstić information content (AvgIpc) is 2.70. The highest BCUT2D eigenvalue weighted by atomic mass is 79.9. The molecule has 0 radical (unpaired) electrons. The molecule has 0 bridgehead atoms. The fourth-order valence-corrected chi connectivity index (χ4v) is 2.00. The lowest BCUT2D eigenvalue weighted by Crippen LogP contribution is -2.23. The minimum absolute atomic E-state index is 0.262. The predicted octanol–water partition coefficient (Wildman–Crippen LogP) is 2.70. The van der Waals surface area contributed by atoms with Crippen molar-refractivity contribution in [1.29, 1.82) is 0 Å². The highest BCUT2D eigenvalue weighted by molar-refractivity contribution is 9.10. The summed E-state index contributed by atoms with van der Waals surface area (Å²) in [5.41, 5.74) is 2.06. The first-order valence-corrected chi connectivity index (χ1v) is 6.90. The molecule has 0 aliphatic rings. The van der Waals surface area contributed by atoms with Gasteiger partial charge >= 0.3 is 0 Å². The lowest BCUT2D eigenvalue weighted by molar-refractivity contribution is 0.0920. The molecule has 1 aromatic carbocycles. The average molecular weight is 325 g/mol. The van der Waals surface area contributed by atoms with E-state index >= 15 is 0 Å². The van der Waals surface area contributed by atoms with Gasteiger partial charge in [0.1, 0.15) is 18.5 Å². The minimum atomic E-state index is -0.559. The third-order valence-corrected chi connectivity index (χ3v) is 3.54. The van der Waals surface area contributed by atoms with Gasteiger partial charge in [0.25, 0.3) is 0 Å². The van der Waals surface area contributed by atoms with Crippen molar-refractivity contribution in [3.63, 3.8) is 0 Å². The van der Waals surface area contributed by atoms with Crippen LogP contribution in [-0.4, -0.2) is 27.4 Å². The number of aliphatic hydroxyl groups is 1. The minimum Gasteiger partial charge on any atom is -0.491 e. The van der Waals surface area contributed by atoms with E-state index in [0.29, 0.717) is 6.54 Å². The Kier molecular flexibility index (Phi) is 4.61. The smallest absolute Gasteiger partial charge is 0.119 e. The summed E-state index contributed by atoms with van der Waals surface area (Å²) in [4.78, 5) is 4.20. The zero-order valence-corrected chi connectivity index (χ0v) is 12.6. The maximum atomic E-state index is 9.97. The fourth-order valence-electron chi connectivity index (χ4n) is 1.73. The van der Waals surface area contributed by atoms with Crippen LogP contribution in [0.15, 0.2) is 35.1 Å². The normalized spacial score (nSPS) is 12.4. The molecule has 19 heavy (non-hydrogen) atoms. The monoisotopic (exact) mass is 324 g/mol. The number of aliphatic hydroxyl groups excluding tert-OH is 1. The number of hydrogen-bond acceptors (Lipinski definition) is 3. The Labute approximate surface area is 121 Å². The number of halogens is 1. The van der Waals surface area contributed by atoms with Crippen LogP contribution in [0.25, 0.3) is 0 Å². The molecule has 0 aliphatic carbocycles. The molecular weight excluding hydrogens is 308 g/mol. The van der Waals surface area contributed by atoms with Gasteiger partial charge in [-0.2, -0.15) is 0 Å². The van der Waals surface area contributed by atoms with E-state index in [1.165, 1.54) is 0 Å². The zero-order valence-electron chi connectivity index (χ0n) is 11.0. The second-order valence-electron chi connectivity index (χ2n) is 4.49. The fraction of sp³-hybridized carbons (Fsp3) is 0.357. The molecule has 5 heteroatoms. The Morgan fingerprint density at radius 1 is 1.32 bits per heavy atom. The standard InChI is InChI=1S/C14H17BrN2O2/c1-10-11(2)17(9-16-10)7-13(18)8-19-14-5-3-12(15)4-6-14/h3-6,9,13,18H,7-8H2,1-2H3. The molecule has 2 aromatic rings. The van der Waals surface area contributed by atoms with E-state index in [-0.39, 0.29) is 6.61 Å². The molecule has 102 valence electrons. The van der Waals surface area contributed by atoms with Crippen LogP contribution < -0.4 is 4.74 Å². The van der Waals surface area contributed by atoms with E-state index < -0.39 is 6.10 Å². The maximum absolute atomic E-state index is 9.97. The van der Waals surface area contributed by atoms with Gasteiger partial charge in [-0.25, -0.2) is 4.98 Å². The van der Waals surface area contributed by atoms with E-state index in [1.54, 1.807) is 6.33 Å². The molecule has 2 rings (SSSR count). The molecule has 0 fully saturated rings. The Hall–Kier alpha value is -1.33. The second-order valence-corrected chi connectivity index (χ2v) is 5.40. The summed E-state index contributed by atoms with van der Waals surface area (Å²) in [5.74, 6) is 0.751. The molecule has 1 heterocycles. The molecule has 0 spiro atoms. The summed E-state index contributed by atoms with van der Waals surface area (Å²) in [6, 6.07) is 7.54. The molecule has 1 aromatic heterocycles. The largest absolute Gasteiger partial charge is 0.491 e. The molecule has 0 saturated carbocycles. The Bertz CT molecular complexity index is 537. The van der Waals surface area contributed by atoms with Gasteiger partial charge in [-0.15, -0.1) is 0 Å². The molecular formula is C14H17BrN2O2. The van der Waals surface area contributed by atoms with Gasteiger partial charge in [0.15, 0.2) is 0 Å². The SMILES string of the molecule is Cc1ncn(CC(O)COc2ccc(Br)cc2)c1C. The van der Waals surface area contributed by atoms with Crippen LogP contribution in [0.5, 0.6) is 5.75 Å². The lowest BCUT2D eigenvalue weighted by atomic mass is 10.3. The van der Waals surface area contributed by atoms with Crippen molar-refractivity contribution in [2.24, 2.45) is 0 Å². The zero-order chi connectivity index (χ0) is 13.8. The van der Waals surface area contributed by atoms with Gasteiger partial charge in [0, 0.05) is 10.2 Å².